The van der Waals surface area contributed by atoms with Gasteiger partial charge in [0, 0.05) is 10.9 Å². The average molecular weight is 240 g/mol. The zero-order valence-electron chi connectivity index (χ0n) is 7.11. The van der Waals surface area contributed by atoms with E-state index < -0.39 is 0 Å². The van der Waals surface area contributed by atoms with Crippen molar-refractivity contribution < 1.29 is 4.74 Å². The molecule has 0 aliphatic carbocycles. The molecule has 0 saturated carbocycles. The zero-order chi connectivity index (χ0) is 9.10. The van der Waals surface area contributed by atoms with Gasteiger partial charge in [0.15, 0.2) is 0 Å². The van der Waals surface area contributed by atoms with Crippen molar-refractivity contribution in [2.75, 3.05) is 11.9 Å². The third-order valence-corrected chi connectivity index (χ3v) is 2.63. The summed E-state index contributed by atoms with van der Waals surface area (Å²) in [5, 5.41) is 0.840. The topological polar surface area (TPSA) is 21.6 Å². The van der Waals surface area contributed by atoms with E-state index in [1.807, 2.05) is 30.3 Å². The maximum absolute atomic E-state index is 5.60. The number of hydrogen-bond acceptors (Lipinski definition) is 2. The van der Waals surface area contributed by atoms with Gasteiger partial charge in [0.25, 0.3) is 0 Å². The van der Waals surface area contributed by atoms with Gasteiger partial charge < -0.3 is 4.74 Å². The number of aliphatic imine (C=N–C) groups is 1. The normalized spacial score (nSPS) is 21.0. The van der Waals surface area contributed by atoms with Crippen molar-refractivity contribution in [2.24, 2.45) is 4.99 Å². The number of rotatable bonds is 2. The molecule has 13 heavy (non-hydrogen) atoms. The Bertz CT molecular complexity index is 310. The van der Waals surface area contributed by atoms with Gasteiger partial charge in [-0.15, -0.1) is 0 Å². The summed E-state index contributed by atoms with van der Waals surface area (Å²) < 4.78 is 5.60. The first kappa shape index (κ1) is 8.75. The van der Waals surface area contributed by atoms with Crippen molar-refractivity contribution in [3.8, 4) is 0 Å². The van der Waals surface area contributed by atoms with E-state index in [-0.39, 0.29) is 6.10 Å². The monoisotopic (exact) mass is 239 g/mol. The minimum Gasteiger partial charge on any atom is -0.471 e. The van der Waals surface area contributed by atoms with Crippen LogP contribution in [0.4, 0.5) is 0 Å². The SMILES string of the molecule is BrC[C@H]1CN=C(c2ccccc2)O1. The molecule has 68 valence electrons. The van der Waals surface area contributed by atoms with Crippen LogP contribution in [0, 0.1) is 0 Å². The molecule has 0 spiro atoms. The van der Waals surface area contributed by atoms with Crippen LogP contribution >= 0.6 is 15.9 Å². The molecular weight excluding hydrogens is 230 g/mol. The van der Waals surface area contributed by atoms with Gasteiger partial charge in [-0.2, -0.15) is 0 Å². The van der Waals surface area contributed by atoms with Gasteiger partial charge in [-0.3, -0.25) is 0 Å². The van der Waals surface area contributed by atoms with Crippen molar-refractivity contribution in [1.29, 1.82) is 0 Å². The second kappa shape index (κ2) is 3.92. The lowest BCUT2D eigenvalue weighted by atomic mass is 10.2. The van der Waals surface area contributed by atoms with Crippen LogP contribution in [0.3, 0.4) is 0 Å². The quantitative estimate of drug-likeness (QED) is 0.726. The molecule has 0 unspecified atom stereocenters. The number of hydrogen-bond donors (Lipinski definition) is 0. The highest BCUT2D eigenvalue weighted by atomic mass is 79.9. The first-order valence-corrected chi connectivity index (χ1v) is 5.35. The fourth-order valence-electron chi connectivity index (χ4n) is 1.24. The van der Waals surface area contributed by atoms with Crippen LogP contribution in [0.5, 0.6) is 0 Å². The van der Waals surface area contributed by atoms with Crippen LogP contribution in [0.15, 0.2) is 35.3 Å². The Morgan fingerprint density at radius 3 is 2.77 bits per heavy atom. The van der Waals surface area contributed by atoms with Gasteiger partial charge in [-0.1, -0.05) is 34.1 Å². The van der Waals surface area contributed by atoms with E-state index in [1.165, 1.54) is 0 Å². The predicted octanol–water partition coefficient (Wildman–Crippen LogP) is 2.23. The summed E-state index contributed by atoms with van der Waals surface area (Å²) in [7, 11) is 0. The van der Waals surface area contributed by atoms with E-state index in [0.29, 0.717) is 0 Å². The highest BCUT2D eigenvalue weighted by Gasteiger charge is 2.18. The number of halogens is 1. The van der Waals surface area contributed by atoms with Crippen LogP contribution in [0.2, 0.25) is 0 Å². The third kappa shape index (κ3) is 1.91. The molecule has 0 fully saturated rings. The Morgan fingerprint density at radius 2 is 2.15 bits per heavy atom. The summed E-state index contributed by atoms with van der Waals surface area (Å²) in [5.41, 5.74) is 1.06. The molecule has 1 atom stereocenters. The van der Waals surface area contributed by atoms with E-state index in [1.54, 1.807) is 0 Å². The second-order valence-electron chi connectivity index (χ2n) is 2.91. The first-order chi connectivity index (χ1) is 6.40. The Hall–Kier alpha value is -0.830. The molecule has 1 aliphatic rings. The molecule has 1 aliphatic heterocycles. The molecule has 2 nitrogen and oxygen atoms in total. The largest absolute Gasteiger partial charge is 0.471 e. The fourth-order valence-corrected chi connectivity index (χ4v) is 1.57. The van der Waals surface area contributed by atoms with Crippen LogP contribution in [-0.4, -0.2) is 23.9 Å². The van der Waals surface area contributed by atoms with Gasteiger partial charge in [-0.05, 0) is 12.1 Å². The lowest BCUT2D eigenvalue weighted by Crippen LogP contribution is -2.14. The Kier molecular flexibility index (Phi) is 2.64. The van der Waals surface area contributed by atoms with Gasteiger partial charge in [0.2, 0.25) is 5.90 Å². The van der Waals surface area contributed by atoms with E-state index in [4.69, 9.17) is 4.74 Å². The maximum Gasteiger partial charge on any atom is 0.216 e. The lowest BCUT2D eigenvalue weighted by molar-refractivity contribution is 0.252. The summed E-state index contributed by atoms with van der Waals surface area (Å²) in [4.78, 5) is 4.32. The number of benzene rings is 1. The smallest absolute Gasteiger partial charge is 0.216 e. The van der Waals surface area contributed by atoms with E-state index in [2.05, 4.69) is 20.9 Å². The van der Waals surface area contributed by atoms with Crippen LogP contribution in [0.25, 0.3) is 0 Å². The Labute approximate surface area is 85.8 Å². The molecule has 0 radical (unpaired) electrons. The molecule has 0 bridgehead atoms. The number of nitrogens with zero attached hydrogens (tertiary/aromatic N) is 1. The molecule has 0 N–H and O–H groups in total. The Morgan fingerprint density at radius 1 is 1.38 bits per heavy atom. The Balaban J connectivity index is 2.12. The van der Waals surface area contributed by atoms with Crippen molar-refractivity contribution >= 4 is 21.8 Å². The average Bonchev–Trinajstić information content (AvgIpc) is 2.67. The summed E-state index contributed by atoms with van der Waals surface area (Å²) in [6.45, 7) is 0.759. The maximum atomic E-state index is 5.60. The van der Waals surface area contributed by atoms with E-state index in [0.717, 1.165) is 23.3 Å². The summed E-state index contributed by atoms with van der Waals surface area (Å²) in [5.74, 6) is 0.769. The number of alkyl halides is 1. The van der Waals surface area contributed by atoms with Crippen LogP contribution in [-0.2, 0) is 4.74 Å². The zero-order valence-corrected chi connectivity index (χ0v) is 8.70. The van der Waals surface area contributed by atoms with Gasteiger partial charge in [-0.25, -0.2) is 4.99 Å². The van der Waals surface area contributed by atoms with E-state index >= 15 is 0 Å². The van der Waals surface area contributed by atoms with E-state index in [9.17, 15) is 0 Å². The highest BCUT2D eigenvalue weighted by Crippen LogP contribution is 2.13. The van der Waals surface area contributed by atoms with Gasteiger partial charge >= 0.3 is 0 Å². The van der Waals surface area contributed by atoms with Crippen LogP contribution in [0.1, 0.15) is 5.56 Å². The van der Waals surface area contributed by atoms with Crippen molar-refractivity contribution in [3.63, 3.8) is 0 Å². The van der Waals surface area contributed by atoms with Crippen molar-refractivity contribution in [3.05, 3.63) is 35.9 Å². The molecule has 0 saturated heterocycles. The van der Waals surface area contributed by atoms with Crippen molar-refractivity contribution in [2.45, 2.75) is 6.10 Å². The third-order valence-electron chi connectivity index (χ3n) is 1.91. The number of ether oxygens (including phenoxy) is 1. The molecule has 2 rings (SSSR count). The molecule has 0 aromatic heterocycles. The summed E-state index contributed by atoms with van der Waals surface area (Å²) >= 11 is 3.38. The minimum absolute atomic E-state index is 0.204. The summed E-state index contributed by atoms with van der Waals surface area (Å²) in [6.07, 6.45) is 0.204. The standard InChI is InChI=1S/C10H10BrNO/c11-6-9-7-12-10(13-9)8-4-2-1-3-5-8/h1-5,9H,6-7H2/t9-/m0/s1. The van der Waals surface area contributed by atoms with Crippen molar-refractivity contribution in [1.82, 2.24) is 0 Å². The minimum atomic E-state index is 0.204. The molecule has 0 amide bonds. The van der Waals surface area contributed by atoms with Crippen LogP contribution < -0.4 is 0 Å². The fraction of sp³-hybridized carbons (Fsp3) is 0.300. The molecule has 3 heteroatoms. The predicted molar refractivity (Wildman–Crippen MR) is 56.5 cm³/mol. The highest BCUT2D eigenvalue weighted by molar-refractivity contribution is 9.09. The summed E-state index contributed by atoms with van der Waals surface area (Å²) in [6, 6.07) is 9.98. The van der Waals surface area contributed by atoms with Gasteiger partial charge in [0.1, 0.15) is 6.10 Å². The van der Waals surface area contributed by atoms with Gasteiger partial charge in [0.05, 0.1) is 6.54 Å². The first-order valence-electron chi connectivity index (χ1n) is 4.22. The molecule has 1 heterocycles. The molecular formula is C10H10BrNO. The molecule has 1 aromatic rings. The molecule has 1 aromatic carbocycles. The lowest BCUT2D eigenvalue weighted by Gasteiger charge is -2.06. The second-order valence-corrected chi connectivity index (χ2v) is 3.55.